The smallest absolute Gasteiger partial charge is 0.191 e. The van der Waals surface area contributed by atoms with Gasteiger partial charge in [-0.15, -0.1) is 11.3 Å². The van der Waals surface area contributed by atoms with Gasteiger partial charge in [0.25, 0.3) is 0 Å². The van der Waals surface area contributed by atoms with Gasteiger partial charge >= 0.3 is 0 Å². The lowest BCUT2D eigenvalue weighted by molar-refractivity contribution is 0.0186. The minimum Gasteiger partial charge on any atom is -0.379 e. The number of thiophene rings is 1. The van der Waals surface area contributed by atoms with Crippen molar-refractivity contribution in [3.8, 4) is 0 Å². The predicted molar refractivity (Wildman–Crippen MR) is 128 cm³/mol. The standard InChI is InChI=1S/C23H41N5OS/c1-4-24-23(25-11-8-20-9-12-27(5-2)13-10-20)26-18-21(22-7-6-19(3)30-22)28-14-16-29-17-15-28/h6-7,20-21H,4-5,8-18H2,1-3H3,(H2,24,25,26). The molecule has 0 bridgehead atoms. The van der Waals surface area contributed by atoms with Gasteiger partial charge in [0.15, 0.2) is 5.96 Å². The first-order valence-corrected chi connectivity index (χ1v) is 12.6. The minimum absolute atomic E-state index is 0.335. The summed E-state index contributed by atoms with van der Waals surface area (Å²) in [5, 5.41) is 7.04. The number of nitrogens with zero attached hydrogens (tertiary/aromatic N) is 3. The van der Waals surface area contributed by atoms with Gasteiger partial charge in [0, 0.05) is 35.9 Å². The Morgan fingerprint density at radius 3 is 2.57 bits per heavy atom. The van der Waals surface area contributed by atoms with Crippen LogP contribution in [0.5, 0.6) is 0 Å². The number of likely N-dealkylation sites (tertiary alicyclic amines) is 1. The van der Waals surface area contributed by atoms with Crippen LogP contribution in [-0.4, -0.2) is 81.3 Å². The lowest BCUT2D eigenvalue weighted by atomic mass is 9.93. The van der Waals surface area contributed by atoms with Crippen LogP contribution in [0.2, 0.25) is 0 Å². The second kappa shape index (κ2) is 12.6. The second-order valence-corrected chi connectivity index (χ2v) is 9.74. The molecule has 170 valence electrons. The summed E-state index contributed by atoms with van der Waals surface area (Å²) in [7, 11) is 0. The average Bonchev–Trinajstić information content (AvgIpc) is 3.21. The van der Waals surface area contributed by atoms with Gasteiger partial charge in [-0.3, -0.25) is 9.89 Å². The molecule has 7 heteroatoms. The SMILES string of the molecule is CCNC(=NCC(c1ccc(C)s1)N1CCOCC1)NCCC1CCN(CC)CC1. The van der Waals surface area contributed by atoms with E-state index in [1.54, 1.807) is 0 Å². The van der Waals surface area contributed by atoms with E-state index in [9.17, 15) is 0 Å². The van der Waals surface area contributed by atoms with Crippen molar-refractivity contribution in [1.82, 2.24) is 20.4 Å². The van der Waals surface area contributed by atoms with Crippen LogP contribution < -0.4 is 10.6 Å². The van der Waals surface area contributed by atoms with Gasteiger partial charge in [-0.05, 0) is 70.8 Å². The van der Waals surface area contributed by atoms with E-state index in [1.165, 1.54) is 48.7 Å². The highest BCUT2D eigenvalue weighted by atomic mass is 32.1. The zero-order valence-electron chi connectivity index (χ0n) is 19.2. The molecule has 3 heterocycles. The van der Waals surface area contributed by atoms with Gasteiger partial charge in [-0.2, -0.15) is 0 Å². The molecule has 2 fully saturated rings. The molecular weight excluding hydrogens is 394 g/mol. The van der Waals surface area contributed by atoms with E-state index in [2.05, 4.69) is 53.3 Å². The molecule has 0 amide bonds. The summed E-state index contributed by atoms with van der Waals surface area (Å²) in [6.07, 6.45) is 3.90. The van der Waals surface area contributed by atoms with Crippen molar-refractivity contribution >= 4 is 17.3 Å². The van der Waals surface area contributed by atoms with E-state index in [-0.39, 0.29) is 0 Å². The highest BCUT2D eigenvalue weighted by Crippen LogP contribution is 2.28. The molecule has 2 aliphatic rings. The molecule has 0 aliphatic carbocycles. The zero-order valence-corrected chi connectivity index (χ0v) is 20.0. The number of hydrogen-bond acceptors (Lipinski definition) is 5. The Balaban J connectivity index is 1.54. The first-order chi connectivity index (χ1) is 14.7. The van der Waals surface area contributed by atoms with Gasteiger partial charge in [0.2, 0.25) is 0 Å². The number of piperidine rings is 1. The third-order valence-electron chi connectivity index (χ3n) is 6.34. The molecule has 0 saturated carbocycles. The van der Waals surface area contributed by atoms with E-state index in [0.717, 1.165) is 57.8 Å². The second-order valence-electron chi connectivity index (χ2n) is 8.43. The summed E-state index contributed by atoms with van der Waals surface area (Å²) in [6.45, 7) is 16.6. The molecule has 1 aromatic heterocycles. The quantitative estimate of drug-likeness (QED) is 0.461. The summed E-state index contributed by atoms with van der Waals surface area (Å²) < 4.78 is 5.58. The number of guanidine groups is 1. The van der Waals surface area contributed by atoms with Crippen molar-refractivity contribution in [2.45, 2.75) is 46.1 Å². The Morgan fingerprint density at radius 1 is 1.17 bits per heavy atom. The first-order valence-electron chi connectivity index (χ1n) is 11.8. The number of aliphatic imine (C=N–C) groups is 1. The van der Waals surface area contributed by atoms with Crippen molar-refractivity contribution in [1.29, 1.82) is 0 Å². The Hall–Kier alpha value is -1.15. The van der Waals surface area contributed by atoms with Crippen LogP contribution >= 0.6 is 11.3 Å². The molecule has 2 N–H and O–H groups in total. The fourth-order valence-corrected chi connectivity index (χ4v) is 5.42. The average molecular weight is 436 g/mol. The summed E-state index contributed by atoms with van der Waals surface area (Å²) >= 11 is 1.90. The maximum atomic E-state index is 5.58. The molecule has 2 saturated heterocycles. The van der Waals surface area contributed by atoms with Crippen molar-refractivity contribution in [3.63, 3.8) is 0 Å². The Labute approximate surface area is 187 Å². The van der Waals surface area contributed by atoms with E-state index in [4.69, 9.17) is 9.73 Å². The summed E-state index contributed by atoms with van der Waals surface area (Å²) in [5.74, 6) is 1.80. The fraction of sp³-hybridized carbons (Fsp3) is 0.783. The molecule has 6 nitrogen and oxygen atoms in total. The van der Waals surface area contributed by atoms with E-state index >= 15 is 0 Å². The van der Waals surface area contributed by atoms with Crippen molar-refractivity contribution in [3.05, 3.63) is 21.9 Å². The molecule has 0 radical (unpaired) electrons. The summed E-state index contributed by atoms with van der Waals surface area (Å²) in [4.78, 5) is 12.9. The van der Waals surface area contributed by atoms with E-state index in [0.29, 0.717) is 6.04 Å². The van der Waals surface area contributed by atoms with Gasteiger partial charge in [0.05, 0.1) is 25.8 Å². The van der Waals surface area contributed by atoms with Crippen LogP contribution in [0.4, 0.5) is 0 Å². The third kappa shape index (κ3) is 7.22. The normalized spacial score (nSPS) is 21.0. The molecule has 1 atom stereocenters. The molecule has 0 spiro atoms. The minimum atomic E-state index is 0.335. The number of ether oxygens (including phenoxy) is 1. The Morgan fingerprint density at radius 2 is 1.93 bits per heavy atom. The van der Waals surface area contributed by atoms with Crippen molar-refractivity contribution < 1.29 is 4.74 Å². The van der Waals surface area contributed by atoms with Crippen molar-refractivity contribution in [2.24, 2.45) is 10.9 Å². The van der Waals surface area contributed by atoms with Gasteiger partial charge in [0.1, 0.15) is 0 Å². The summed E-state index contributed by atoms with van der Waals surface area (Å²) in [5.41, 5.74) is 0. The number of rotatable bonds is 9. The maximum absolute atomic E-state index is 5.58. The molecular formula is C23H41N5OS. The number of aryl methyl sites for hydroxylation is 1. The molecule has 1 aromatic rings. The summed E-state index contributed by atoms with van der Waals surface area (Å²) in [6, 6.07) is 4.84. The topological polar surface area (TPSA) is 52.1 Å². The highest BCUT2D eigenvalue weighted by Gasteiger charge is 2.24. The van der Waals surface area contributed by atoms with Crippen LogP contribution in [0.1, 0.15) is 48.9 Å². The van der Waals surface area contributed by atoms with Gasteiger partial charge in [-0.25, -0.2) is 0 Å². The van der Waals surface area contributed by atoms with Gasteiger partial charge < -0.3 is 20.3 Å². The van der Waals surface area contributed by atoms with Crippen LogP contribution in [0.3, 0.4) is 0 Å². The van der Waals surface area contributed by atoms with E-state index in [1.807, 2.05) is 11.3 Å². The molecule has 3 rings (SSSR count). The first kappa shape index (κ1) is 23.5. The van der Waals surface area contributed by atoms with Crippen LogP contribution in [0.15, 0.2) is 17.1 Å². The van der Waals surface area contributed by atoms with E-state index < -0.39 is 0 Å². The maximum Gasteiger partial charge on any atom is 0.191 e. The third-order valence-corrected chi connectivity index (χ3v) is 7.44. The Bertz CT molecular complexity index is 635. The monoisotopic (exact) mass is 435 g/mol. The predicted octanol–water partition coefficient (Wildman–Crippen LogP) is 3.11. The van der Waals surface area contributed by atoms with Crippen LogP contribution in [0, 0.1) is 12.8 Å². The number of morpholine rings is 1. The molecule has 1 unspecified atom stereocenters. The lowest BCUT2D eigenvalue weighted by Gasteiger charge is -2.33. The lowest BCUT2D eigenvalue weighted by Crippen LogP contribution is -2.42. The molecule has 2 aliphatic heterocycles. The molecule has 0 aromatic carbocycles. The zero-order chi connectivity index (χ0) is 21.2. The van der Waals surface area contributed by atoms with Crippen molar-refractivity contribution in [2.75, 3.05) is 65.6 Å². The number of hydrogen-bond donors (Lipinski definition) is 2. The number of nitrogens with one attached hydrogen (secondary N) is 2. The highest BCUT2D eigenvalue weighted by molar-refractivity contribution is 7.12. The fourth-order valence-electron chi connectivity index (χ4n) is 4.41. The van der Waals surface area contributed by atoms with Crippen LogP contribution in [-0.2, 0) is 4.74 Å². The largest absolute Gasteiger partial charge is 0.379 e. The Kier molecular flexibility index (Phi) is 9.91. The molecule has 30 heavy (non-hydrogen) atoms. The van der Waals surface area contributed by atoms with Crippen LogP contribution in [0.25, 0.3) is 0 Å². The van der Waals surface area contributed by atoms with Gasteiger partial charge in [-0.1, -0.05) is 6.92 Å².